The summed E-state index contributed by atoms with van der Waals surface area (Å²) in [7, 11) is 1.68. The molecule has 1 rings (SSSR count). The maximum atomic E-state index is 5.39. The molecule has 68 valence electrons. The third-order valence-corrected chi connectivity index (χ3v) is 3.60. The van der Waals surface area contributed by atoms with Crippen LogP contribution in [-0.4, -0.2) is 12.1 Å². The second-order valence-electron chi connectivity index (χ2n) is 2.82. The molecule has 3 nitrogen and oxygen atoms in total. The van der Waals surface area contributed by atoms with E-state index in [-0.39, 0.29) is 5.60 Å². The number of nitrogens with two attached hydrogens (primary N) is 1. The van der Waals surface area contributed by atoms with E-state index in [2.05, 4.69) is 4.98 Å². The summed E-state index contributed by atoms with van der Waals surface area (Å²) in [6.45, 7) is 3.97. The molecule has 0 aliphatic rings. The summed E-state index contributed by atoms with van der Waals surface area (Å²) in [6.07, 6.45) is 1.77. The highest BCUT2D eigenvalue weighted by Gasteiger charge is 2.23. The Morgan fingerprint density at radius 1 is 1.67 bits per heavy atom. The lowest BCUT2D eigenvalue weighted by atomic mass is 10.1. The average Bonchev–Trinajstić information content (AvgIpc) is 2.52. The van der Waals surface area contributed by atoms with Crippen molar-refractivity contribution in [3.8, 4) is 0 Å². The SMILES string of the molecule is COC(C)(C)c1ncc(SN)s1. The molecule has 1 heterocycles. The van der Waals surface area contributed by atoms with Gasteiger partial charge in [0.2, 0.25) is 0 Å². The van der Waals surface area contributed by atoms with Gasteiger partial charge >= 0.3 is 0 Å². The molecular formula is C7H12N2OS2. The van der Waals surface area contributed by atoms with Gasteiger partial charge in [-0.2, -0.15) is 0 Å². The van der Waals surface area contributed by atoms with Crippen molar-refractivity contribution < 1.29 is 4.74 Å². The van der Waals surface area contributed by atoms with Crippen LogP contribution in [0.25, 0.3) is 0 Å². The molecule has 0 amide bonds. The summed E-state index contributed by atoms with van der Waals surface area (Å²) < 4.78 is 6.29. The first-order valence-corrected chi connectivity index (χ1v) is 5.18. The van der Waals surface area contributed by atoms with Gasteiger partial charge < -0.3 is 4.74 Å². The first-order chi connectivity index (χ1) is 5.60. The van der Waals surface area contributed by atoms with E-state index in [1.807, 2.05) is 13.8 Å². The van der Waals surface area contributed by atoms with Gasteiger partial charge in [0, 0.05) is 7.11 Å². The first kappa shape index (κ1) is 9.98. The number of hydrogen-bond donors (Lipinski definition) is 1. The van der Waals surface area contributed by atoms with E-state index in [0.717, 1.165) is 9.22 Å². The average molecular weight is 204 g/mol. The largest absolute Gasteiger partial charge is 0.372 e. The third-order valence-electron chi connectivity index (χ3n) is 1.63. The Bertz CT molecular complexity index is 260. The van der Waals surface area contributed by atoms with Gasteiger partial charge in [-0.3, -0.25) is 5.14 Å². The minimum atomic E-state index is -0.307. The Morgan fingerprint density at radius 3 is 2.75 bits per heavy atom. The first-order valence-electron chi connectivity index (χ1n) is 3.48. The fourth-order valence-electron chi connectivity index (χ4n) is 0.679. The standard InChI is InChI=1S/C7H12N2OS2/c1-7(2,10-3)6-9-4-5(11-6)12-8/h4H,8H2,1-3H3. The van der Waals surface area contributed by atoms with Gasteiger partial charge in [0.25, 0.3) is 0 Å². The molecule has 5 heteroatoms. The van der Waals surface area contributed by atoms with E-state index < -0.39 is 0 Å². The van der Waals surface area contributed by atoms with E-state index in [0.29, 0.717) is 0 Å². The topological polar surface area (TPSA) is 48.1 Å². The van der Waals surface area contributed by atoms with Crippen LogP contribution in [0.4, 0.5) is 0 Å². The van der Waals surface area contributed by atoms with Crippen molar-refractivity contribution >= 4 is 23.3 Å². The molecule has 1 aromatic rings. The second kappa shape index (κ2) is 3.74. The number of thiazole rings is 1. The van der Waals surface area contributed by atoms with Crippen molar-refractivity contribution in [1.29, 1.82) is 0 Å². The predicted molar refractivity (Wildman–Crippen MR) is 52.2 cm³/mol. The summed E-state index contributed by atoms with van der Waals surface area (Å²) in [5.41, 5.74) is -0.307. The van der Waals surface area contributed by atoms with Gasteiger partial charge in [0.15, 0.2) is 0 Å². The van der Waals surface area contributed by atoms with Crippen molar-refractivity contribution in [2.75, 3.05) is 7.11 Å². The van der Waals surface area contributed by atoms with Crippen LogP contribution in [-0.2, 0) is 10.3 Å². The Morgan fingerprint density at radius 2 is 2.33 bits per heavy atom. The summed E-state index contributed by atoms with van der Waals surface area (Å²) >= 11 is 2.78. The van der Waals surface area contributed by atoms with E-state index in [1.165, 1.54) is 11.9 Å². The molecule has 0 radical (unpaired) electrons. The van der Waals surface area contributed by atoms with Crippen molar-refractivity contribution in [1.82, 2.24) is 4.98 Å². The highest BCUT2D eigenvalue weighted by atomic mass is 32.2. The predicted octanol–water partition coefficient (Wildman–Crippen LogP) is 1.99. The van der Waals surface area contributed by atoms with Gasteiger partial charge in [-0.05, 0) is 25.8 Å². The molecule has 0 saturated heterocycles. The fraction of sp³-hybridized carbons (Fsp3) is 0.571. The fourth-order valence-corrected chi connectivity index (χ4v) is 1.95. The maximum Gasteiger partial charge on any atom is 0.125 e. The van der Waals surface area contributed by atoms with Gasteiger partial charge in [-0.1, -0.05) is 0 Å². The molecule has 0 aliphatic heterocycles. The lowest BCUT2D eigenvalue weighted by Crippen LogP contribution is -2.18. The summed E-state index contributed by atoms with van der Waals surface area (Å²) in [5.74, 6) is 0. The molecule has 0 bridgehead atoms. The van der Waals surface area contributed by atoms with E-state index >= 15 is 0 Å². The number of methoxy groups -OCH3 is 1. The van der Waals surface area contributed by atoms with Crippen LogP contribution in [0.5, 0.6) is 0 Å². The molecule has 0 atom stereocenters. The molecule has 0 spiro atoms. The zero-order valence-corrected chi connectivity index (χ0v) is 8.96. The molecule has 2 N–H and O–H groups in total. The van der Waals surface area contributed by atoms with E-state index in [4.69, 9.17) is 9.88 Å². The lowest BCUT2D eigenvalue weighted by Gasteiger charge is -2.19. The van der Waals surface area contributed by atoms with Gasteiger partial charge in [-0.25, -0.2) is 4.98 Å². The van der Waals surface area contributed by atoms with Crippen LogP contribution in [0.2, 0.25) is 0 Å². The molecule has 0 unspecified atom stereocenters. The molecule has 1 aromatic heterocycles. The molecular weight excluding hydrogens is 192 g/mol. The van der Waals surface area contributed by atoms with Crippen LogP contribution < -0.4 is 5.14 Å². The second-order valence-corrected chi connectivity index (χ2v) is 4.78. The Hall–Kier alpha value is -0.100. The minimum absolute atomic E-state index is 0.307. The Labute approximate surface area is 80.5 Å². The summed E-state index contributed by atoms with van der Waals surface area (Å²) in [6, 6.07) is 0. The quantitative estimate of drug-likeness (QED) is 0.765. The number of ether oxygens (including phenoxy) is 1. The monoisotopic (exact) mass is 204 g/mol. The van der Waals surface area contributed by atoms with Crippen molar-refractivity contribution in [2.45, 2.75) is 23.7 Å². The number of nitrogens with zero attached hydrogens (tertiary/aromatic N) is 1. The molecule has 0 aromatic carbocycles. The number of hydrogen-bond acceptors (Lipinski definition) is 5. The van der Waals surface area contributed by atoms with Crippen molar-refractivity contribution in [3.05, 3.63) is 11.2 Å². The van der Waals surface area contributed by atoms with Crippen LogP contribution in [0.15, 0.2) is 10.4 Å². The smallest absolute Gasteiger partial charge is 0.125 e. The summed E-state index contributed by atoms with van der Waals surface area (Å²) in [5, 5.41) is 6.35. The van der Waals surface area contributed by atoms with Gasteiger partial charge in [0.1, 0.15) is 10.6 Å². The van der Waals surface area contributed by atoms with E-state index in [9.17, 15) is 0 Å². The van der Waals surface area contributed by atoms with E-state index in [1.54, 1.807) is 24.6 Å². The minimum Gasteiger partial charge on any atom is -0.372 e. The van der Waals surface area contributed by atoms with Crippen LogP contribution >= 0.6 is 23.3 Å². The Kier molecular flexibility index (Phi) is 3.11. The number of rotatable bonds is 3. The lowest BCUT2D eigenvalue weighted by molar-refractivity contribution is 0.0190. The van der Waals surface area contributed by atoms with Crippen LogP contribution in [0, 0.1) is 0 Å². The van der Waals surface area contributed by atoms with Crippen molar-refractivity contribution in [3.63, 3.8) is 0 Å². The number of aromatic nitrogens is 1. The third kappa shape index (κ3) is 1.98. The van der Waals surface area contributed by atoms with Crippen molar-refractivity contribution in [2.24, 2.45) is 5.14 Å². The highest BCUT2D eigenvalue weighted by molar-refractivity contribution is 7.99. The van der Waals surface area contributed by atoms with Crippen LogP contribution in [0.1, 0.15) is 18.9 Å². The van der Waals surface area contributed by atoms with Gasteiger partial charge in [0.05, 0.1) is 10.4 Å². The molecule has 12 heavy (non-hydrogen) atoms. The maximum absolute atomic E-state index is 5.39. The molecule has 0 saturated carbocycles. The Balaban J connectivity index is 2.88. The normalized spacial score (nSPS) is 12.0. The van der Waals surface area contributed by atoms with Gasteiger partial charge in [-0.15, -0.1) is 11.3 Å². The zero-order valence-electron chi connectivity index (χ0n) is 7.33. The molecule has 0 fully saturated rings. The highest BCUT2D eigenvalue weighted by Crippen LogP contribution is 2.30. The summed E-state index contributed by atoms with van der Waals surface area (Å²) in [4.78, 5) is 4.22. The molecule has 0 aliphatic carbocycles. The van der Waals surface area contributed by atoms with Crippen LogP contribution in [0.3, 0.4) is 0 Å². The zero-order chi connectivity index (χ0) is 9.19.